The van der Waals surface area contributed by atoms with Gasteiger partial charge in [0.15, 0.2) is 0 Å². The Kier molecular flexibility index (Phi) is 9.47. The number of imide groups is 2. The minimum Gasteiger partial charge on any atom is -0.507 e. The van der Waals surface area contributed by atoms with Gasteiger partial charge in [-0.1, -0.05) is 81.9 Å². The zero-order valence-corrected chi connectivity index (χ0v) is 33.3. The molecule has 0 unspecified atom stereocenters. The number of nitrogens with zero attached hydrogens (tertiary/aromatic N) is 2. The van der Waals surface area contributed by atoms with E-state index < -0.39 is 23.1 Å². The summed E-state index contributed by atoms with van der Waals surface area (Å²) in [7, 11) is 0. The molecule has 8 aromatic carbocycles. The Morgan fingerprint density at radius 1 is 0.452 bits per heavy atom. The average Bonchev–Trinajstić information content (AvgIpc) is 3.66. The van der Waals surface area contributed by atoms with Gasteiger partial charge in [0.2, 0.25) is 0 Å². The fourth-order valence-corrected chi connectivity index (χ4v) is 8.32. The quantitative estimate of drug-likeness (QED) is 0.152. The van der Waals surface area contributed by atoms with E-state index >= 15 is 0 Å². The lowest BCUT2D eigenvalue weighted by atomic mass is 9.78. The van der Waals surface area contributed by atoms with Crippen molar-refractivity contribution < 1.29 is 33.8 Å². The maximum absolute atomic E-state index is 13.6. The van der Waals surface area contributed by atoms with Crippen LogP contribution in [0.3, 0.4) is 0 Å². The van der Waals surface area contributed by atoms with Crippen LogP contribution in [-0.2, 0) is 5.41 Å². The zero-order chi connectivity index (χ0) is 42.2. The van der Waals surface area contributed by atoms with Gasteiger partial charge in [0, 0.05) is 10.8 Å². The largest absolute Gasteiger partial charge is 0.507 e. The van der Waals surface area contributed by atoms with Gasteiger partial charge in [0.1, 0.15) is 28.7 Å². The number of hydrogen-bond acceptors (Lipinski definition) is 7. The molecular formula is C53H40N2O7. The number of fused-ring (bicyclic) bond motifs is 4. The molecule has 0 aliphatic carbocycles. The first-order valence-electron chi connectivity index (χ1n) is 19.8. The molecule has 304 valence electrons. The molecule has 0 fully saturated rings. The molecule has 0 bridgehead atoms. The molecule has 62 heavy (non-hydrogen) atoms. The third-order valence-corrected chi connectivity index (χ3v) is 11.8. The molecular weight excluding hydrogens is 777 g/mol. The number of ether oxygens (including phenoxy) is 2. The van der Waals surface area contributed by atoms with E-state index in [1.165, 1.54) is 4.90 Å². The van der Waals surface area contributed by atoms with Crippen LogP contribution in [0.4, 0.5) is 11.4 Å². The molecule has 9 heteroatoms. The van der Waals surface area contributed by atoms with E-state index in [0.29, 0.717) is 61.8 Å². The number of amides is 4. The third-order valence-electron chi connectivity index (χ3n) is 11.8. The van der Waals surface area contributed by atoms with Crippen molar-refractivity contribution in [1.29, 1.82) is 0 Å². The number of carbonyl (C=O) groups is 4. The first-order valence-corrected chi connectivity index (χ1v) is 19.8. The number of hydrogen-bond donors (Lipinski definition) is 1. The first-order chi connectivity index (χ1) is 29.4. The molecule has 0 aromatic heterocycles. The van der Waals surface area contributed by atoms with E-state index in [1.807, 2.05) is 91.9 Å². The van der Waals surface area contributed by atoms with Crippen LogP contribution in [0.5, 0.6) is 28.7 Å². The van der Waals surface area contributed by atoms with E-state index in [-0.39, 0.29) is 24.6 Å². The van der Waals surface area contributed by atoms with Gasteiger partial charge in [-0.25, -0.2) is 9.80 Å². The highest BCUT2D eigenvalue weighted by molar-refractivity contribution is 6.35. The van der Waals surface area contributed by atoms with E-state index in [9.17, 15) is 24.3 Å². The second-order valence-electron chi connectivity index (χ2n) is 15.8. The van der Waals surface area contributed by atoms with Crippen molar-refractivity contribution in [1.82, 2.24) is 0 Å². The van der Waals surface area contributed by atoms with Crippen molar-refractivity contribution in [2.45, 2.75) is 33.6 Å². The standard InChI is InChI=1S/C52H36N2O7.CH4/c1-30-6-4-7-31-26-35(14-22-41(30)31)53-48(56)43-24-20-39(28-45(43)50(53)58)60-37-16-10-33(11-17-37)52(2,3)34-12-18-38(19-13-34)61-40-21-25-44-46(29-40)51(59)54(49(44)57)36-15-23-42-32(27-36)8-5-9-47(42)55;/h4-29,55H,1-3H3;1H4. The van der Waals surface area contributed by atoms with Crippen LogP contribution in [-0.4, -0.2) is 28.7 Å². The van der Waals surface area contributed by atoms with E-state index in [1.54, 1.807) is 72.8 Å². The van der Waals surface area contributed by atoms with Crippen LogP contribution in [0, 0.1) is 6.92 Å². The maximum atomic E-state index is 13.6. The predicted molar refractivity (Wildman–Crippen MR) is 241 cm³/mol. The number of rotatable bonds is 8. The van der Waals surface area contributed by atoms with Crippen LogP contribution in [0.25, 0.3) is 21.5 Å². The summed E-state index contributed by atoms with van der Waals surface area (Å²) >= 11 is 0. The van der Waals surface area contributed by atoms with Gasteiger partial charge in [-0.2, -0.15) is 0 Å². The molecule has 1 N–H and O–H groups in total. The lowest BCUT2D eigenvalue weighted by molar-refractivity contribution is 0.0910. The number of benzene rings is 8. The summed E-state index contributed by atoms with van der Waals surface area (Å²) in [4.78, 5) is 56.3. The summed E-state index contributed by atoms with van der Waals surface area (Å²) < 4.78 is 12.3. The molecule has 2 heterocycles. The molecule has 10 rings (SSSR count). The Labute approximate surface area is 358 Å². The number of aryl methyl sites for hydroxylation is 1. The number of phenols is 1. The normalized spacial score (nSPS) is 13.4. The highest BCUT2D eigenvalue weighted by atomic mass is 16.5. The van der Waals surface area contributed by atoms with Gasteiger partial charge < -0.3 is 14.6 Å². The minimum atomic E-state index is -0.448. The van der Waals surface area contributed by atoms with Crippen LogP contribution in [0.15, 0.2) is 158 Å². The van der Waals surface area contributed by atoms with Gasteiger partial charge in [-0.3, -0.25) is 19.2 Å². The minimum absolute atomic E-state index is 0. The molecule has 0 saturated carbocycles. The molecule has 0 spiro atoms. The molecule has 0 atom stereocenters. The Morgan fingerprint density at radius 3 is 1.37 bits per heavy atom. The number of carbonyl (C=O) groups excluding carboxylic acids is 4. The summed E-state index contributed by atoms with van der Waals surface area (Å²) in [5.41, 5.74) is 4.92. The first kappa shape index (κ1) is 39.4. The van der Waals surface area contributed by atoms with Gasteiger partial charge >= 0.3 is 0 Å². The Hall–Kier alpha value is -8.04. The van der Waals surface area contributed by atoms with E-state index in [4.69, 9.17) is 9.47 Å². The molecule has 0 saturated heterocycles. The van der Waals surface area contributed by atoms with Crippen LogP contribution >= 0.6 is 0 Å². The van der Waals surface area contributed by atoms with Crippen LogP contribution in [0.1, 0.15) is 79.4 Å². The monoisotopic (exact) mass is 816 g/mol. The van der Waals surface area contributed by atoms with Crippen molar-refractivity contribution in [2.75, 3.05) is 9.80 Å². The summed E-state index contributed by atoms with van der Waals surface area (Å²) in [6, 6.07) is 47.1. The van der Waals surface area contributed by atoms with Crippen molar-refractivity contribution in [2.24, 2.45) is 0 Å². The smallest absolute Gasteiger partial charge is 0.266 e. The fourth-order valence-electron chi connectivity index (χ4n) is 8.32. The van der Waals surface area contributed by atoms with Gasteiger partial charge in [-0.15, -0.1) is 0 Å². The van der Waals surface area contributed by atoms with Gasteiger partial charge in [0.25, 0.3) is 23.6 Å². The Bertz CT molecular complexity index is 2960. The highest BCUT2D eigenvalue weighted by Gasteiger charge is 2.38. The van der Waals surface area contributed by atoms with E-state index in [0.717, 1.165) is 32.4 Å². The van der Waals surface area contributed by atoms with Gasteiger partial charge in [0.05, 0.1) is 33.6 Å². The Morgan fingerprint density at radius 2 is 0.871 bits per heavy atom. The van der Waals surface area contributed by atoms with Crippen molar-refractivity contribution in [3.63, 3.8) is 0 Å². The van der Waals surface area contributed by atoms with Gasteiger partial charge in [-0.05, 0) is 137 Å². The fraction of sp³-hybridized carbons (Fsp3) is 0.0943. The lowest BCUT2D eigenvalue weighted by Crippen LogP contribution is -2.29. The lowest BCUT2D eigenvalue weighted by Gasteiger charge is -2.26. The zero-order valence-electron chi connectivity index (χ0n) is 33.3. The summed E-state index contributed by atoms with van der Waals surface area (Å²) in [5.74, 6) is 0.513. The second-order valence-corrected chi connectivity index (χ2v) is 15.8. The molecule has 0 radical (unpaired) electrons. The summed E-state index contributed by atoms with van der Waals surface area (Å²) in [6.45, 7) is 6.27. The number of phenolic OH excluding ortho intramolecular Hbond substituents is 1. The maximum Gasteiger partial charge on any atom is 0.266 e. The molecule has 2 aliphatic heterocycles. The van der Waals surface area contributed by atoms with Crippen molar-refractivity contribution >= 4 is 56.5 Å². The molecule has 2 aliphatic rings. The summed E-state index contributed by atoms with van der Waals surface area (Å²) in [6.07, 6.45) is 0. The van der Waals surface area contributed by atoms with Crippen LogP contribution < -0.4 is 19.3 Å². The second kappa shape index (κ2) is 14.9. The van der Waals surface area contributed by atoms with Crippen molar-refractivity contribution in [3.05, 3.63) is 197 Å². The molecule has 9 nitrogen and oxygen atoms in total. The predicted octanol–water partition coefficient (Wildman–Crippen LogP) is 12.2. The van der Waals surface area contributed by atoms with E-state index in [2.05, 4.69) is 13.8 Å². The van der Waals surface area contributed by atoms with Crippen molar-refractivity contribution in [3.8, 4) is 28.7 Å². The Balaban J connectivity index is 0.00000490. The third kappa shape index (κ3) is 6.51. The number of aromatic hydroxyl groups is 1. The average molecular weight is 817 g/mol. The molecule has 4 amide bonds. The highest BCUT2D eigenvalue weighted by Crippen LogP contribution is 2.39. The SMILES string of the molecule is C.Cc1cccc2cc(N3C(=O)c4ccc(Oc5ccc(C(C)(C)c6ccc(Oc7ccc8c(c7)C(=O)N(c7ccc9c(O)cccc9c7)C8=O)cc6)cc5)cc4C3=O)ccc12. The molecule has 8 aromatic rings. The summed E-state index contributed by atoms with van der Waals surface area (Å²) in [5, 5.41) is 13.5. The topological polar surface area (TPSA) is 113 Å². The van der Waals surface area contributed by atoms with Crippen LogP contribution in [0.2, 0.25) is 0 Å². The number of anilines is 2.